The molecule has 0 atom stereocenters. The summed E-state index contributed by atoms with van der Waals surface area (Å²) in [6.07, 6.45) is 0. The summed E-state index contributed by atoms with van der Waals surface area (Å²) in [7, 11) is 0. The van der Waals surface area contributed by atoms with Gasteiger partial charge in [-0.15, -0.1) is 44.8 Å². The molecule has 5 heteroatoms. The highest BCUT2D eigenvalue weighted by Crippen LogP contribution is 2.19. The average molecular weight is 260 g/mol. The zero-order valence-electron chi connectivity index (χ0n) is 6.03. The molecule has 0 N–H and O–H groups in total. The van der Waals surface area contributed by atoms with Crippen molar-refractivity contribution < 1.29 is 0 Å². The molecule has 0 saturated carbocycles. The highest BCUT2D eigenvalue weighted by atomic mass is 35.8. The Labute approximate surface area is 91.5 Å². The predicted octanol–water partition coefficient (Wildman–Crippen LogP) is 3.29. The van der Waals surface area contributed by atoms with E-state index in [2.05, 4.69) is 0 Å². The standard InChI is InChI=1S/C7H6Cl4Si/c8-5-6-1-3-7(4-2-6)12(9,10)11/h1-4H,5H2. The summed E-state index contributed by atoms with van der Waals surface area (Å²) in [5.74, 6) is 0.488. The normalized spacial score (nSPS) is 11.7. The molecule has 0 unspecified atom stereocenters. The highest BCUT2D eigenvalue weighted by molar-refractivity contribution is 7.69. The Bertz CT molecular complexity index is 251. The molecule has 0 amide bonds. The van der Waals surface area contributed by atoms with Gasteiger partial charge in [0.05, 0.1) is 0 Å². The third-order valence-corrected chi connectivity index (χ3v) is 4.70. The Morgan fingerprint density at radius 2 is 1.50 bits per heavy atom. The molecule has 0 aromatic heterocycles. The minimum Gasteiger partial charge on any atom is -0.122 e. The summed E-state index contributed by atoms with van der Waals surface area (Å²) < 4.78 is 0. The van der Waals surface area contributed by atoms with Gasteiger partial charge in [-0.2, -0.15) is 0 Å². The van der Waals surface area contributed by atoms with Crippen LogP contribution in [0.5, 0.6) is 0 Å². The zero-order valence-corrected chi connectivity index (χ0v) is 10.1. The second kappa shape index (κ2) is 4.21. The number of benzene rings is 1. The van der Waals surface area contributed by atoms with Crippen molar-refractivity contribution in [1.29, 1.82) is 0 Å². The van der Waals surface area contributed by atoms with Crippen molar-refractivity contribution in [2.24, 2.45) is 0 Å². The topological polar surface area (TPSA) is 0 Å². The van der Waals surface area contributed by atoms with Gasteiger partial charge in [-0.05, 0) is 10.8 Å². The second-order valence-electron chi connectivity index (χ2n) is 2.33. The van der Waals surface area contributed by atoms with Crippen molar-refractivity contribution in [3.63, 3.8) is 0 Å². The molecule has 0 aliphatic rings. The van der Waals surface area contributed by atoms with Crippen molar-refractivity contribution in [2.45, 2.75) is 5.88 Å². The molecule has 0 aliphatic carbocycles. The lowest BCUT2D eigenvalue weighted by atomic mass is 10.2. The monoisotopic (exact) mass is 258 g/mol. The van der Waals surface area contributed by atoms with Crippen molar-refractivity contribution in [1.82, 2.24) is 0 Å². The first kappa shape index (κ1) is 10.7. The summed E-state index contributed by atoms with van der Waals surface area (Å²) in [5.41, 5.74) is 1.03. The van der Waals surface area contributed by atoms with Gasteiger partial charge in [-0.1, -0.05) is 24.3 Å². The first-order valence-corrected chi connectivity index (χ1v) is 8.83. The van der Waals surface area contributed by atoms with E-state index in [-0.39, 0.29) is 0 Å². The minimum atomic E-state index is -2.70. The van der Waals surface area contributed by atoms with Crippen LogP contribution in [0.4, 0.5) is 0 Å². The summed E-state index contributed by atoms with van der Waals surface area (Å²) in [6, 6.07) is 4.68. The number of hydrogen-bond acceptors (Lipinski definition) is 0. The minimum absolute atomic E-state index is 0.488. The third kappa shape index (κ3) is 2.82. The first-order chi connectivity index (χ1) is 5.54. The summed E-state index contributed by atoms with van der Waals surface area (Å²) >= 11 is 23.0. The maximum atomic E-state index is 5.79. The summed E-state index contributed by atoms with van der Waals surface area (Å²) in [5, 5.41) is 0.793. The molecule has 0 nitrogen and oxygen atoms in total. The van der Waals surface area contributed by atoms with E-state index >= 15 is 0 Å². The molecule has 0 spiro atoms. The van der Waals surface area contributed by atoms with Crippen LogP contribution in [0.15, 0.2) is 24.3 Å². The molecule has 66 valence electrons. The molecular formula is C7H6Cl4Si. The summed E-state index contributed by atoms with van der Waals surface area (Å²) in [4.78, 5) is 0. The van der Waals surface area contributed by atoms with Gasteiger partial charge in [0.15, 0.2) is 0 Å². The molecule has 0 aliphatic heterocycles. The Morgan fingerprint density at radius 1 is 1.00 bits per heavy atom. The van der Waals surface area contributed by atoms with Crippen molar-refractivity contribution in [2.75, 3.05) is 0 Å². The molecule has 1 aromatic carbocycles. The zero-order chi connectivity index (χ0) is 9.19. The van der Waals surface area contributed by atoms with E-state index in [1.54, 1.807) is 0 Å². The van der Waals surface area contributed by atoms with Crippen LogP contribution in [0.1, 0.15) is 5.56 Å². The van der Waals surface area contributed by atoms with E-state index in [0.29, 0.717) is 5.88 Å². The van der Waals surface area contributed by atoms with E-state index < -0.39 is 6.00 Å². The second-order valence-corrected chi connectivity index (χ2v) is 11.0. The smallest absolute Gasteiger partial charge is 0.122 e. The van der Waals surface area contributed by atoms with Gasteiger partial charge >= 0.3 is 6.00 Å². The number of halogens is 4. The predicted molar refractivity (Wildman–Crippen MR) is 58.9 cm³/mol. The van der Waals surface area contributed by atoms with Gasteiger partial charge in [0.25, 0.3) is 0 Å². The summed E-state index contributed by atoms with van der Waals surface area (Å²) in [6.45, 7) is 0. The van der Waals surface area contributed by atoms with Crippen LogP contribution < -0.4 is 5.19 Å². The molecular weight excluding hydrogens is 254 g/mol. The maximum Gasteiger partial charge on any atom is 0.372 e. The average Bonchev–Trinajstić information content (AvgIpc) is 2.03. The van der Waals surface area contributed by atoms with Crippen LogP contribution in [0, 0.1) is 0 Å². The Balaban J connectivity index is 2.93. The third-order valence-electron chi connectivity index (χ3n) is 1.44. The fraction of sp³-hybridized carbons (Fsp3) is 0.143. The molecule has 0 fully saturated rings. The number of alkyl halides is 1. The molecule has 0 saturated heterocycles. The van der Waals surface area contributed by atoms with E-state index in [1.165, 1.54) is 0 Å². The van der Waals surface area contributed by atoms with Gasteiger partial charge < -0.3 is 0 Å². The van der Waals surface area contributed by atoms with Gasteiger partial charge in [0, 0.05) is 5.88 Å². The molecule has 0 radical (unpaired) electrons. The van der Waals surface area contributed by atoms with Crippen molar-refractivity contribution >= 4 is 56.0 Å². The number of rotatable bonds is 2. The largest absolute Gasteiger partial charge is 0.372 e. The number of hydrogen-bond donors (Lipinski definition) is 0. The lowest BCUT2D eigenvalue weighted by Gasteiger charge is -2.07. The van der Waals surface area contributed by atoms with E-state index in [4.69, 9.17) is 44.8 Å². The lowest BCUT2D eigenvalue weighted by Crippen LogP contribution is -2.29. The van der Waals surface area contributed by atoms with Crippen LogP contribution in [-0.4, -0.2) is 6.00 Å². The van der Waals surface area contributed by atoms with E-state index in [0.717, 1.165) is 10.8 Å². The van der Waals surface area contributed by atoms with Crippen LogP contribution in [0.2, 0.25) is 0 Å². The van der Waals surface area contributed by atoms with Crippen LogP contribution in [-0.2, 0) is 5.88 Å². The Morgan fingerprint density at radius 3 is 1.83 bits per heavy atom. The first-order valence-electron chi connectivity index (χ1n) is 3.26. The van der Waals surface area contributed by atoms with Crippen LogP contribution >= 0.6 is 44.8 Å². The molecule has 1 aromatic rings. The molecule has 1 rings (SSSR count). The highest BCUT2D eigenvalue weighted by Gasteiger charge is 2.27. The van der Waals surface area contributed by atoms with Crippen LogP contribution in [0.3, 0.4) is 0 Å². The molecule has 0 heterocycles. The van der Waals surface area contributed by atoms with Gasteiger partial charge in [0.2, 0.25) is 0 Å². The van der Waals surface area contributed by atoms with Gasteiger partial charge in [-0.25, -0.2) is 0 Å². The maximum absolute atomic E-state index is 5.79. The van der Waals surface area contributed by atoms with E-state index in [9.17, 15) is 0 Å². The van der Waals surface area contributed by atoms with Crippen molar-refractivity contribution in [3.05, 3.63) is 29.8 Å². The SMILES string of the molecule is ClCc1ccc([Si](Cl)(Cl)Cl)cc1. The Hall–Kier alpha value is 0.597. The lowest BCUT2D eigenvalue weighted by molar-refractivity contribution is 1.41. The molecule has 0 bridgehead atoms. The van der Waals surface area contributed by atoms with Crippen LogP contribution in [0.25, 0.3) is 0 Å². The Kier molecular flexibility index (Phi) is 3.74. The molecule has 12 heavy (non-hydrogen) atoms. The fourth-order valence-electron chi connectivity index (χ4n) is 0.783. The van der Waals surface area contributed by atoms with Gasteiger partial charge in [0.1, 0.15) is 0 Å². The fourth-order valence-corrected chi connectivity index (χ4v) is 2.64. The van der Waals surface area contributed by atoms with Crippen molar-refractivity contribution in [3.8, 4) is 0 Å². The quantitative estimate of drug-likeness (QED) is 0.435. The van der Waals surface area contributed by atoms with Gasteiger partial charge in [-0.3, -0.25) is 0 Å². The van der Waals surface area contributed by atoms with E-state index in [1.807, 2.05) is 24.3 Å².